The van der Waals surface area contributed by atoms with Crippen LogP contribution >= 0.6 is 0 Å². The number of carbonyl (C=O) groups is 2. The minimum Gasteiger partial charge on any atom is -0.356 e. The molecule has 0 saturated heterocycles. The van der Waals surface area contributed by atoms with Crippen molar-refractivity contribution in [1.29, 1.82) is 0 Å². The lowest BCUT2D eigenvalue weighted by atomic mass is 9.97. The normalized spacial score (nSPS) is 15.2. The fourth-order valence-electron chi connectivity index (χ4n) is 4.89. The van der Waals surface area contributed by atoms with E-state index in [4.69, 9.17) is 0 Å². The van der Waals surface area contributed by atoms with Gasteiger partial charge in [0.25, 0.3) is 11.6 Å². The molecule has 194 valence electrons. The smallest absolute Gasteiger partial charge is 0.270 e. The van der Waals surface area contributed by atoms with Gasteiger partial charge >= 0.3 is 0 Å². The molecule has 5 rings (SSSR count). The number of benzene rings is 3. The van der Waals surface area contributed by atoms with Gasteiger partial charge in [-0.1, -0.05) is 30.3 Å². The fraction of sp³-hybridized carbons (Fsp3) is 0.241. The number of fused-ring (bicyclic) bond motifs is 2. The number of aryl methyl sites for hydroxylation is 1. The summed E-state index contributed by atoms with van der Waals surface area (Å²) in [5.41, 5.74) is 7.15. The summed E-state index contributed by atoms with van der Waals surface area (Å²) in [5, 5.41) is 24.0. The van der Waals surface area contributed by atoms with Crippen LogP contribution in [0.1, 0.15) is 41.2 Å². The van der Waals surface area contributed by atoms with Gasteiger partial charge in [0.15, 0.2) is 0 Å². The van der Waals surface area contributed by atoms with Crippen LogP contribution in [0, 0.1) is 10.1 Å². The van der Waals surface area contributed by atoms with E-state index < -0.39 is 4.92 Å². The van der Waals surface area contributed by atoms with E-state index in [0.29, 0.717) is 29.1 Å². The third-order valence-electron chi connectivity index (χ3n) is 6.83. The Kier molecular flexibility index (Phi) is 7.19. The molecule has 2 amide bonds. The summed E-state index contributed by atoms with van der Waals surface area (Å²) in [4.78, 5) is 35.4. The minimum absolute atomic E-state index is 0.0449. The van der Waals surface area contributed by atoms with Crippen LogP contribution in [0.3, 0.4) is 0 Å². The quantitative estimate of drug-likeness (QED) is 0.155. The molecule has 0 spiro atoms. The first kappa shape index (κ1) is 25.2. The molecular weight excluding hydrogens is 482 g/mol. The average molecular weight is 512 g/mol. The van der Waals surface area contributed by atoms with E-state index in [9.17, 15) is 19.7 Å². The zero-order valence-electron chi connectivity index (χ0n) is 21.1. The summed E-state index contributed by atoms with van der Waals surface area (Å²) in [7, 11) is 0. The van der Waals surface area contributed by atoms with Crippen molar-refractivity contribution in [2.75, 3.05) is 23.7 Å². The topological polar surface area (TPSA) is 125 Å². The zero-order chi connectivity index (χ0) is 26.6. The second-order valence-electron chi connectivity index (χ2n) is 9.51. The highest BCUT2D eigenvalue weighted by atomic mass is 16.6. The molecule has 2 aliphatic rings. The van der Waals surface area contributed by atoms with Crippen molar-refractivity contribution in [3.8, 4) is 0 Å². The Morgan fingerprint density at radius 2 is 1.87 bits per heavy atom. The van der Waals surface area contributed by atoms with Gasteiger partial charge in [0.2, 0.25) is 5.91 Å². The van der Waals surface area contributed by atoms with Crippen LogP contribution in [0.2, 0.25) is 0 Å². The molecule has 0 bridgehead atoms. The third-order valence-corrected chi connectivity index (χ3v) is 6.83. The van der Waals surface area contributed by atoms with Gasteiger partial charge in [-0.3, -0.25) is 19.7 Å². The van der Waals surface area contributed by atoms with Crippen molar-refractivity contribution in [2.45, 2.75) is 32.7 Å². The summed E-state index contributed by atoms with van der Waals surface area (Å²) < 4.78 is 0. The molecule has 9 nitrogen and oxygen atoms in total. The Morgan fingerprint density at radius 1 is 1.05 bits per heavy atom. The SMILES string of the molecule is CC(=O)NCCCc1ccc(/C(Nc2ccc3c(c2)CCNC3)=C2/C(=O)Nc3ccc([N+](=O)[O-])cc32)cc1. The first-order valence-corrected chi connectivity index (χ1v) is 12.7. The lowest BCUT2D eigenvalue weighted by molar-refractivity contribution is -0.384. The van der Waals surface area contributed by atoms with E-state index >= 15 is 0 Å². The summed E-state index contributed by atoms with van der Waals surface area (Å²) in [6.45, 7) is 3.85. The predicted molar refractivity (Wildman–Crippen MR) is 147 cm³/mol. The maximum Gasteiger partial charge on any atom is 0.270 e. The number of nitro benzene ring substituents is 1. The number of nitro groups is 1. The van der Waals surface area contributed by atoms with Gasteiger partial charge in [-0.2, -0.15) is 0 Å². The number of non-ortho nitro benzene ring substituents is 1. The lowest BCUT2D eigenvalue weighted by Gasteiger charge is -2.20. The van der Waals surface area contributed by atoms with Gasteiger partial charge in [-0.25, -0.2) is 0 Å². The van der Waals surface area contributed by atoms with Gasteiger partial charge in [0.05, 0.1) is 16.2 Å². The van der Waals surface area contributed by atoms with Crippen molar-refractivity contribution in [3.05, 3.63) is 98.6 Å². The molecular formula is C29H29N5O4. The molecule has 9 heteroatoms. The number of rotatable bonds is 8. The average Bonchev–Trinajstić information content (AvgIpc) is 3.24. The standard InChI is InChI=1S/C29H29N5O4/c1-18(35)31-13-2-3-19-4-6-20(7-5-19)28(32-23-9-8-22-17-30-14-12-21(22)15-23)27-25-16-24(34(37)38)10-11-26(25)33-29(27)36/h4-11,15-16,30,32H,2-3,12-14,17H2,1H3,(H,31,35)(H,33,36)/b28-27-. The van der Waals surface area contributed by atoms with E-state index in [2.05, 4.69) is 33.4 Å². The number of anilines is 2. The molecule has 0 unspecified atom stereocenters. The minimum atomic E-state index is -0.457. The molecule has 3 aromatic carbocycles. The number of nitrogens with one attached hydrogen (secondary N) is 4. The fourth-order valence-corrected chi connectivity index (χ4v) is 4.89. The number of hydrogen-bond donors (Lipinski definition) is 4. The Balaban J connectivity index is 1.53. The molecule has 0 atom stereocenters. The number of carbonyl (C=O) groups excluding carboxylic acids is 2. The number of nitrogens with zero attached hydrogens (tertiary/aromatic N) is 1. The summed E-state index contributed by atoms with van der Waals surface area (Å²) in [6, 6.07) is 18.5. The van der Waals surface area contributed by atoms with Gasteiger partial charge in [-0.15, -0.1) is 0 Å². The van der Waals surface area contributed by atoms with Crippen molar-refractivity contribution >= 4 is 40.1 Å². The summed E-state index contributed by atoms with van der Waals surface area (Å²) >= 11 is 0. The van der Waals surface area contributed by atoms with Crippen molar-refractivity contribution < 1.29 is 14.5 Å². The Hall–Kier alpha value is -4.50. The van der Waals surface area contributed by atoms with Crippen molar-refractivity contribution in [3.63, 3.8) is 0 Å². The van der Waals surface area contributed by atoms with E-state index in [1.54, 1.807) is 6.07 Å². The van der Waals surface area contributed by atoms with E-state index in [-0.39, 0.29) is 17.5 Å². The molecule has 4 N–H and O–H groups in total. The highest BCUT2D eigenvalue weighted by Crippen LogP contribution is 2.39. The van der Waals surface area contributed by atoms with Crippen molar-refractivity contribution in [1.82, 2.24) is 10.6 Å². The second kappa shape index (κ2) is 10.9. The Morgan fingerprint density at radius 3 is 2.63 bits per heavy atom. The monoisotopic (exact) mass is 511 g/mol. The van der Waals surface area contributed by atoms with Gasteiger partial charge in [-0.05, 0) is 66.3 Å². The van der Waals surface area contributed by atoms with Crippen LogP contribution in [-0.4, -0.2) is 29.8 Å². The largest absolute Gasteiger partial charge is 0.356 e. The number of amides is 2. The maximum atomic E-state index is 13.2. The Bertz CT molecular complexity index is 1450. The summed E-state index contributed by atoms with van der Waals surface area (Å²) in [5.74, 6) is -0.360. The van der Waals surface area contributed by atoms with Gasteiger partial charge in [0.1, 0.15) is 0 Å². The number of hydrogen-bond acceptors (Lipinski definition) is 6. The molecule has 0 saturated carbocycles. The first-order chi connectivity index (χ1) is 18.4. The maximum absolute atomic E-state index is 13.2. The first-order valence-electron chi connectivity index (χ1n) is 12.7. The van der Waals surface area contributed by atoms with Crippen molar-refractivity contribution in [2.24, 2.45) is 0 Å². The molecule has 0 radical (unpaired) electrons. The predicted octanol–water partition coefficient (Wildman–Crippen LogP) is 4.24. The van der Waals surface area contributed by atoms with Crippen LogP contribution in [0.25, 0.3) is 11.3 Å². The van der Waals surface area contributed by atoms with Crippen LogP contribution < -0.4 is 21.3 Å². The van der Waals surface area contributed by atoms with Crippen LogP contribution in [0.15, 0.2) is 60.7 Å². The molecule has 2 heterocycles. The molecule has 0 aliphatic carbocycles. The van der Waals surface area contributed by atoms with E-state index in [1.165, 1.54) is 30.2 Å². The second-order valence-corrected chi connectivity index (χ2v) is 9.51. The third kappa shape index (κ3) is 5.42. The molecule has 3 aromatic rings. The van der Waals surface area contributed by atoms with Gasteiger partial charge in [0, 0.05) is 49.1 Å². The van der Waals surface area contributed by atoms with Gasteiger partial charge < -0.3 is 21.3 Å². The highest BCUT2D eigenvalue weighted by Gasteiger charge is 2.30. The lowest BCUT2D eigenvalue weighted by Crippen LogP contribution is -2.23. The zero-order valence-corrected chi connectivity index (χ0v) is 21.1. The Labute approximate surface area is 220 Å². The van der Waals surface area contributed by atoms with Crippen LogP contribution in [-0.2, 0) is 29.0 Å². The molecule has 0 fully saturated rings. The van der Waals surface area contributed by atoms with E-state index in [0.717, 1.165) is 49.2 Å². The molecule has 0 aromatic heterocycles. The molecule has 2 aliphatic heterocycles. The van der Waals surface area contributed by atoms with Crippen LogP contribution in [0.4, 0.5) is 17.1 Å². The summed E-state index contributed by atoms with van der Waals surface area (Å²) in [6.07, 6.45) is 2.53. The van der Waals surface area contributed by atoms with Crippen LogP contribution in [0.5, 0.6) is 0 Å². The van der Waals surface area contributed by atoms with E-state index in [1.807, 2.05) is 30.3 Å². The highest BCUT2D eigenvalue weighted by molar-refractivity contribution is 6.37. The molecule has 38 heavy (non-hydrogen) atoms.